The van der Waals surface area contributed by atoms with Gasteiger partial charge in [0.15, 0.2) is 0 Å². The molecule has 0 spiro atoms. The van der Waals surface area contributed by atoms with E-state index in [0.29, 0.717) is 12.8 Å². The van der Waals surface area contributed by atoms with E-state index >= 15 is 0 Å². The maximum absolute atomic E-state index is 12.9. The molecule has 124 valence electrons. The van der Waals surface area contributed by atoms with Crippen LogP contribution in [-0.2, 0) is 9.59 Å². The molecule has 4 heteroatoms. The summed E-state index contributed by atoms with van der Waals surface area (Å²) in [6, 6.07) is 19.3. The Morgan fingerprint density at radius 3 is 1.92 bits per heavy atom. The number of carboxylic acids is 1. The molecule has 0 unspecified atom stereocenters. The van der Waals surface area contributed by atoms with Crippen LogP contribution in [0.2, 0.25) is 0 Å². The first-order valence-electron chi connectivity index (χ1n) is 8.28. The van der Waals surface area contributed by atoms with Crippen LogP contribution in [0.3, 0.4) is 0 Å². The first kappa shape index (κ1) is 16.2. The first-order chi connectivity index (χ1) is 11.6. The van der Waals surface area contributed by atoms with Gasteiger partial charge in [-0.1, -0.05) is 60.7 Å². The van der Waals surface area contributed by atoms with Gasteiger partial charge in [-0.25, -0.2) is 0 Å². The van der Waals surface area contributed by atoms with Crippen molar-refractivity contribution in [2.75, 3.05) is 0 Å². The fourth-order valence-corrected chi connectivity index (χ4v) is 3.41. The maximum atomic E-state index is 12.9. The minimum absolute atomic E-state index is 0.0616. The van der Waals surface area contributed by atoms with Crippen LogP contribution in [-0.4, -0.2) is 23.0 Å². The summed E-state index contributed by atoms with van der Waals surface area (Å²) >= 11 is 0. The predicted octanol–water partition coefficient (Wildman–Crippen LogP) is 3.19. The fraction of sp³-hybridized carbons (Fsp3) is 0.300. The molecule has 1 fully saturated rings. The highest BCUT2D eigenvalue weighted by atomic mass is 16.4. The number of nitrogens with one attached hydrogen (secondary N) is 1. The van der Waals surface area contributed by atoms with Gasteiger partial charge in [-0.2, -0.15) is 0 Å². The summed E-state index contributed by atoms with van der Waals surface area (Å²) < 4.78 is 0. The molecule has 2 N–H and O–H groups in total. The highest BCUT2D eigenvalue weighted by molar-refractivity contribution is 5.87. The van der Waals surface area contributed by atoms with E-state index in [-0.39, 0.29) is 23.8 Å². The van der Waals surface area contributed by atoms with Crippen molar-refractivity contribution in [3.63, 3.8) is 0 Å². The monoisotopic (exact) mass is 323 g/mol. The van der Waals surface area contributed by atoms with E-state index in [4.69, 9.17) is 5.11 Å². The van der Waals surface area contributed by atoms with Gasteiger partial charge in [-0.05, 0) is 30.4 Å². The molecule has 1 saturated carbocycles. The number of aliphatic carboxylic acids is 1. The van der Waals surface area contributed by atoms with Crippen LogP contribution in [0, 0.1) is 5.92 Å². The molecule has 3 rings (SSSR count). The van der Waals surface area contributed by atoms with Crippen molar-refractivity contribution in [1.82, 2.24) is 5.32 Å². The molecule has 2 aromatic carbocycles. The molecular formula is C20H21NO3. The lowest BCUT2D eigenvalue weighted by molar-refractivity contribution is -0.141. The second-order valence-corrected chi connectivity index (χ2v) is 6.31. The number of carbonyl (C=O) groups excluding carboxylic acids is 1. The lowest BCUT2D eigenvalue weighted by Crippen LogP contribution is -2.37. The van der Waals surface area contributed by atoms with Crippen molar-refractivity contribution in [2.45, 2.75) is 31.2 Å². The predicted molar refractivity (Wildman–Crippen MR) is 91.6 cm³/mol. The number of hydrogen-bond acceptors (Lipinski definition) is 2. The van der Waals surface area contributed by atoms with Crippen molar-refractivity contribution >= 4 is 11.9 Å². The van der Waals surface area contributed by atoms with E-state index in [2.05, 4.69) is 5.32 Å². The lowest BCUT2D eigenvalue weighted by Gasteiger charge is -2.21. The quantitative estimate of drug-likeness (QED) is 0.888. The van der Waals surface area contributed by atoms with Gasteiger partial charge in [-0.3, -0.25) is 9.59 Å². The number of benzene rings is 2. The zero-order valence-electron chi connectivity index (χ0n) is 13.4. The molecule has 0 bridgehead atoms. The van der Waals surface area contributed by atoms with E-state index in [1.54, 1.807) is 0 Å². The smallest absolute Gasteiger partial charge is 0.306 e. The van der Waals surface area contributed by atoms with E-state index < -0.39 is 5.97 Å². The summed E-state index contributed by atoms with van der Waals surface area (Å²) in [5.74, 6) is -1.56. The molecule has 1 aliphatic rings. The first-order valence-corrected chi connectivity index (χ1v) is 8.28. The Bertz CT molecular complexity index is 660. The SMILES string of the molecule is O=C(N[C@@H]1CC[C@H](C(=O)O)C1)C(c1ccccc1)c1ccccc1. The van der Waals surface area contributed by atoms with Crippen molar-refractivity contribution < 1.29 is 14.7 Å². The third-order valence-electron chi connectivity index (χ3n) is 4.66. The standard InChI is InChI=1S/C20H21NO3/c22-19(21-17-12-11-16(13-17)20(23)24)18(14-7-3-1-4-8-14)15-9-5-2-6-10-15/h1-10,16-18H,11-13H2,(H,21,22)(H,23,24)/t16-,17+/m0/s1. The second kappa shape index (κ2) is 7.30. The van der Waals surface area contributed by atoms with Crippen LogP contribution in [0.25, 0.3) is 0 Å². The Balaban J connectivity index is 1.79. The average molecular weight is 323 g/mol. The molecule has 0 saturated heterocycles. The van der Waals surface area contributed by atoms with Gasteiger partial charge in [0.25, 0.3) is 0 Å². The zero-order valence-corrected chi connectivity index (χ0v) is 13.4. The Morgan fingerprint density at radius 1 is 0.917 bits per heavy atom. The van der Waals surface area contributed by atoms with Gasteiger partial charge in [0.2, 0.25) is 5.91 Å². The minimum Gasteiger partial charge on any atom is -0.481 e. The maximum Gasteiger partial charge on any atom is 0.306 e. The van der Waals surface area contributed by atoms with E-state index in [1.165, 1.54) is 0 Å². The van der Waals surface area contributed by atoms with Gasteiger partial charge in [0, 0.05) is 6.04 Å². The van der Waals surface area contributed by atoms with Gasteiger partial charge < -0.3 is 10.4 Å². The van der Waals surface area contributed by atoms with E-state index in [0.717, 1.165) is 17.5 Å². The Kier molecular flexibility index (Phi) is 4.94. The molecule has 0 aliphatic heterocycles. The number of carboxylic acid groups (broad SMARTS) is 1. The van der Waals surface area contributed by atoms with Crippen LogP contribution < -0.4 is 5.32 Å². The average Bonchev–Trinajstić information content (AvgIpc) is 3.06. The van der Waals surface area contributed by atoms with Crippen LogP contribution >= 0.6 is 0 Å². The Morgan fingerprint density at radius 2 is 1.46 bits per heavy atom. The highest BCUT2D eigenvalue weighted by Crippen LogP contribution is 2.29. The minimum atomic E-state index is -0.769. The van der Waals surface area contributed by atoms with Crippen LogP contribution in [0.5, 0.6) is 0 Å². The second-order valence-electron chi connectivity index (χ2n) is 6.31. The fourth-order valence-electron chi connectivity index (χ4n) is 3.41. The summed E-state index contributed by atoms with van der Waals surface area (Å²) in [4.78, 5) is 24.0. The third kappa shape index (κ3) is 3.65. The van der Waals surface area contributed by atoms with Crippen LogP contribution in [0.1, 0.15) is 36.3 Å². The number of carbonyl (C=O) groups is 2. The lowest BCUT2D eigenvalue weighted by atomic mass is 9.90. The Labute approximate surface area is 141 Å². The molecule has 2 atom stereocenters. The molecule has 1 amide bonds. The van der Waals surface area contributed by atoms with Gasteiger partial charge in [0.1, 0.15) is 0 Å². The summed E-state index contributed by atoms with van der Waals surface area (Å²) in [6.07, 6.45) is 1.86. The normalized spacial score (nSPS) is 20.0. The number of hydrogen-bond donors (Lipinski definition) is 2. The molecule has 2 aromatic rings. The molecule has 0 radical (unpaired) electrons. The van der Waals surface area contributed by atoms with Crippen molar-refractivity contribution in [3.05, 3.63) is 71.8 Å². The molecular weight excluding hydrogens is 302 g/mol. The molecule has 0 heterocycles. The molecule has 4 nitrogen and oxygen atoms in total. The largest absolute Gasteiger partial charge is 0.481 e. The molecule has 24 heavy (non-hydrogen) atoms. The van der Waals surface area contributed by atoms with E-state index in [9.17, 15) is 9.59 Å². The van der Waals surface area contributed by atoms with Crippen LogP contribution in [0.4, 0.5) is 0 Å². The van der Waals surface area contributed by atoms with Crippen molar-refractivity contribution in [3.8, 4) is 0 Å². The zero-order chi connectivity index (χ0) is 16.9. The van der Waals surface area contributed by atoms with Gasteiger partial charge in [-0.15, -0.1) is 0 Å². The summed E-state index contributed by atoms with van der Waals surface area (Å²) in [5, 5.41) is 12.2. The third-order valence-corrected chi connectivity index (χ3v) is 4.66. The van der Waals surface area contributed by atoms with Crippen LogP contribution in [0.15, 0.2) is 60.7 Å². The summed E-state index contributed by atoms with van der Waals surface area (Å²) in [5.41, 5.74) is 1.88. The van der Waals surface area contributed by atoms with Gasteiger partial charge >= 0.3 is 5.97 Å². The number of rotatable bonds is 5. The Hall–Kier alpha value is -2.62. The van der Waals surface area contributed by atoms with Crippen molar-refractivity contribution in [1.29, 1.82) is 0 Å². The number of amides is 1. The van der Waals surface area contributed by atoms with E-state index in [1.807, 2.05) is 60.7 Å². The molecule has 1 aliphatic carbocycles. The summed E-state index contributed by atoms with van der Waals surface area (Å²) in [7, 11) is 0. The van der Waals surface area contributed by atoms with Crippen molar-refractivity contribution in [2.24, 2.45) is 5.92 Å². The summed E-state index contributed by atoms with van der Waals surface area (Å²) in [6.45, 7) is 0. The molecule has 0 aromatic heterocycles. The topological polar surface area (TPSA) is 66.4 Å². The van der Waals surface area contributed by atoms with Gasteiger partial charge in [0.05, 0.1) is 11.8 Å². The highest BCUT2D eigenvalue weighted by Gasteiger charge is 2.32.